The fourth-order valence-corrected chi connectivity index (χ4v) is 2.40. The third-order valence-corrected chi connectivity index (χ3v) is 3.49. The van der Waals surface area contributed by atoms with Crippen LogP contribution in [0.5, 0.6) is 0 Å². The third-order valence-electron chi connectivity index (χ3n) is 3.49. The van der Waals surface area contributed by atoms with Crippen molar-refractivity contribution < 1.29 is 9.84 Å². The number of rotatable bonds is 6. The summed E-state index contributed by atoms with van der Waals surface area (Å²) in [6.07, 6.45) is 1.34. The smallest absolute Gasteiger partial charge is 0.0869 e. The Morgan fingerprint density at radius 3 is 2.72 bits per heavy atom. The molecule has 18 heavy (non-hydrogen) atoms. The quantitative estimate of drug-likeness (QED) is 0.752. The van der Waals surface area contributed by atoms with Gasteiger partial charge in [0.25, 0.3) is 0 Å². The second kappa shape index (κ2) is 6.85. The number of hydrogen-bond donors (Lipinski definition) is 2. The Morgan fingerprint density at radius 1 is 1.50 bits per heavy atom. The Labute approximate surface area is 112 Å². The largest absolute Gasteiger partial charge is 0.388 e. The molecular formula is C14H30N2O2. The number of morpholine rings is 1. The number of aliphatic hydroxyl groups is 1. The Morgan fingerprint density at radius 2 is 2.17 bits per heavy atom. The second-order valence-electron chi connectivity index (χ2n) is 6.17. The van der Waals surface area contributed by atoms with E-state index in [0.717, 1.165) is 19.6 Å². The maximum atomic E-state index is 10.5. The normalized spacial score (nSPS) is 29.5. The van der Waals surface area contributed by atoms with Crippen molar-refractivity contribution in [3.05, 3.63) is 0 Å². The maximum Gasteiger partial charge on any atom is 0.0869 e. The lowest BCUT2D eigenvalue weighted by Crippen LogP contribution is -2.56. The van der Waals surface area contributed by atoms with E-state index in [9.17, 15) is 5.11 Å². The molecule has 0 bridgehead atoms. The molecule has 3 atom stereocenters. The maximum absolute atomic E-state index is 10.5. The molecule has 1 aliphatic rings. The molecule has 1 fully saturated rings. The molecule has 0 spiro atoms. The van der Waals surface area contributed by atoms with E-state index in [-0.39, 0.29) is 6.10 Å². The molecule has 0 saturated carbocycles. The van der Waals surface area contributed by atoms with Crippen LogP contribution in [0.1, 0.15) is 41.0 Å². The van der Waals surface area contributed by atoms with E-state index < -0.39 is 5.60 Å². The molecule has 0 aromatic rings. The lowest BCUT2D eigenvalue weighted by molar-refractivity contribution is -0.0841. The lowest BCUT2D eigenvalue weighted by atomic mass is 10.0. The molecule has 0 aliphatic carbocycles. The third kappa shape index (κ3) is 5.22. The minimum absolute atomic E-state index is 0.265. The predicted octanol–water partition coefficient (Wildman–Crippen LogP) is 1.23. The van der Waals surface area contributed by atoms with Crippen molar-refractivity contribution in [1.82, 2.24) is 10.2 Å². The van der Waals surface area contributed by atoms with Crippen LogP contribution in [-0.4, -0.2) is 60.0 Å². The first-order valence-corrected chi connectivity index (χ1v) is 7.15. The number of ether oxygens (including phenoxy) is 1. The SMILES string of the molecule is CCC1COC(C)CN1CC(C)(O)CNC(C)C. The summed E-state index contributed by atoms with van der Waals surface area (Å²) < 4.78 is 5.69. The molecule has 0 aromatic carbocycles. The van der Waals surface area contributed by atoms with Crippen molar-refractivity contribution in [1.29, 1.82) is 0 Å². The van der Waals surface area contributed by atoms with Gasteiger partial charge in [-0.25, -0.2) is 0 Å². The van der Waals surface area contributed by atoms with E-state index in [4.69, 9.17) is 4.74 Å². The zero-order valence-corrected chi connectivity index (χ0v) is 12.6. The molecule has 0 aromatic heterocycles. The molecule has 1 saturated heterocycles. The van der Waals surface area contributed by atoms with Crippen LogP contribution >= 0.6 is 0 Å². The van der Waals surface area contributed by atoms with Crippen LogP contribution in [0, 0.1) is 0 Å². The number of β-amino-alcohol motifs (C(OH)–C–C–N with tert-alkyl or cyclic N) is 1. The molecule has 3 unspecified atom stereocenters. The highest BCUT2D eigenvalue weighted by Crippen LogP contribution is 2.17. The summed E-state index contributed by atoms with van der Waals surface area (Å²) in [4.78, 5) is 2.37. The highest BCUT2D eigenvalue weighted by Gasteiger charge is 2.31. The van der Waals surface area contributed by atoms with Gasteiger partial charge in [0.1, 0.15) is 0 Å². The Balaban J connectivity index is 2.51. The van der Waals surface area contributed by atoms with Gasteiger partial charge in [-0.05, 0) is 20.3 Å². The standard InChI is InChI=1S/C14H30N2O2/c1-6-13-8-18-12(4)7-16(13)10-14(5,17)9-15-11(2)3/h11-13,15,17H,6-10H2,1-5H3. The predicted molar refractivity (Wildman–Crippen MR) is 74.8 cm³/mol. The van der Waals surface area contributed by atoms with Crippen molar-refractivity contribution in [2.75, 3.05) is 26.2 Å². The van der Waals surface area contributed by atoms with Crippen LogP contribution in [0.3, 0.4) is 0 Å². The van der Waals surface area contributed by atoms with Crippen LogP contribution in [0.2, 0.25) is 0 Å². The van der Waals surface area contributed by atoms with Gasteiger partial charge in [0.2, 0.25) is 0 Å². The first-order valence-electron chi connectivity index (χ1n) is 7.15. The van der Waals surface area contributed by atoms with Gasteiger partial charge in [0, 0.05) is 31.7 Å². The minimum atomic E-state index is -0.686. The minimum Gasteiger partial charge on any atom is -0.388 e. The zero-order chi connectivity index (χ0) is 13.8. The average molecular weight is 258 g/mol. The van der Waals surface area contributed by atoms with Gasteiger partial charge in [-0.3, -0.25) is 4.90 Å². The van der Waals surface area contributed by atoms with Gasteiger partial charge in [0.05, 0.1) is 18.3 Å². The summed E-state index contributed by atoms with van der Waals surface area (Å²) >= 11 is 0. The van der Waals surface area contributed by atoms with Gasteiger partial charge in [0.15, 0.2) is 0 Å². The summed E-state index contributed by atoms with van der Waals surface area (Å²) in [5, 5.41) is 13.8. The molecule has 108 valence electrons. The van der Waals surface area contributed by atoms with Crippen molar-refractivity contribution in [3.8, 4) is 0 Å². The molecule has 0 radical (unpaired) electrons. The molecule has 0 amide bonds. The molecule has 1 aliphatic heterocycles. The van der Waals surface area contributed by atoms with Gasteiger partial charge >= 0.3 is 0 Å². The topological polar surface area (TPSA) is 44.7 Å². The number of nitrogens with zero attached hydrogens (tertiary/aromatic N) is 1. The summed E-state index contributed by atoms with van der Waals surface area (Å²) in [7, 11) is 0. The fraction of sp³-hybridized carbons (Fsp3) is 1.00. The van der Waals surface area contributed by atoms with Crippen molar-refractivity contribution in [2.45, 2.75) is 64.8 Å². The van der Waals surface area contributed by atoms with Crippen molar-refractivity contribution in [2.24, 2.45) is 0 Å². The molecule has 2 N–H and O–H groups in total. The number of nitrogens with one attached hydrogen (secondary N) is 1. The zero-order valence-electron chi connectivity index (χ0n) is 12.6. The van der Waals surface area contributed by atoms with Crippen molar-refractivity contribution in [3.63, 3.8) is 0 Å². The van der Waals surface area contributed by atoms with Gasteiger partial charge in [-0.15, -0.1) is 0 Å². The first kappa shape index (κ1) is 15.9. The molecule has 1 heterocycles. The van der Waals surface area contributed by atoms with Crippen LogP contribution in [0.15, 0.2) is 0 Å². The average Bonchev–Trinajstić information content (AvgIpc) is 2.26. The van der Waals surface area contributed by atoms with E-state index in [0.29, 0.717) is 25.2 Å². The van der Waals surface area contributed by atoms with E-state index in [1.165, 1.54) is 0 Å². The lowest BCUT2D eigenvalue weighted by Gasteiger charge is -2.42. The Bertz CT molecular complexity index is 244. The number of hydrogen-bond acceptors (Lipinski definition) is 4. The summed E-state index contributed by atoms with van der Waals surface area (Å²) in [6, 6.07) is 0.841. The summed E-state index contributed by atoms with van der Waals surface area (Å²) in [5.41, 5.74) is -0.686. The van der Waals surface area contributed by atoms with Gasteiger partial charge in [-0.1, -0.05) is 20.8 Å². The highest BCUT2D eigenvalue weighted by molar-refractivity contribution is 4.86. The highest BCUT2D eigenvalue weighted by atomic mass is 16.5. The second-order valence-corrected chi connectivity index (χ2v) is 6.17. The van der Waals surface area contributed by atoms with Crippen LogP contribution in [0.25, 0.3) is 0 Å². The van der Waals surface area contributed by atoms with E-state index in [1.807, 2.05) is 6.92 Å². The summed E-state index contributed by atoms with van der Waals surface area (Å²) in [6.45, 7) is 13.4. The van der Waals surface area contributed by atoms with E-state index >= 15 is 0 Å². The Kier molecular flexibility index (Phi) is 6.05. The fourth-order valence-electron chi connectivity index (χ4n) is 2.40. The molecule has 1 rings (SSSR count). The molecular weight excluding hydrogens is 228 g/mol. The van der Waals surface area contributed by atoms with E-state index in [2.05, 4.69) is 37.9 Å². The van der Waals surface area contributed by atoms with Crippen LogP contribution in [0.4, 0.5) is 0 Å². The Hall–Kier alpha value is -0.160. The monoisotopic (exact) mass is 258 g/mol. The summed E-state index contributed by atoms with van der Waals surface area (Å²) in [5.74, 6) is 0. The van der Waals surface area contributed by atoms with Gasteiger partial charge in [-0.2, -0.15) is 0 Å². The first-order chi connectivity index (χ1) is 8.34. The van der Waals surface area contributed by atoms with Crippen molar-refractivity contribution >= 4 is 0 Å². The molecule has 4 heteroatoms. The van der Waals surface area contributed by atoms with Crippen LogP contribution in [-0.2, 0) is 4.74 Å². The van der Waals surface area contributed by atoms with E-state index in [1.54, 1.807) is 0 Å². The van der Waals surface area contributed by atoms with Gasteiger partial charge < -0.3 is 15.2 Å². The molecule has 4 nitrogen and oxygen atoms in total. The van der Waals surface area contributed by atoms with Crippen LogP contribution < -0.4 is 5.32 Å².